The van der Waals surface area contributed by atoms with Crippen molar-refractivity contribution in [2.45, 2.75) is 5.92 Å². The summed E-state index contributed by atoms with van der Waals surface area (Å²) >= 11 is 0. The van der Waals surface area contributed by atoms with Crippen molar-refractivity contribution in [2.24, 2.45) is 0 Å². The quantitative estimate of drug-likeness (QED) is 0.333. The van der Waals surface area contributed by atoms with Crippen LogP contribution in [0.25, 0.3) is 22.0 Å². The number of benzene rings is 3. The lowest BCUT2D eigenvalue weighted by atomic mass is 9.95. The molecule has 0 bridgehead atoms. The van der Waals surface area contributed by atoms with Gasteiger partial charge in [-0.05, 0) is 53.1 Å². The van der Waals surface area contributed by atoms with Crippen LogP contribution in [0.1, 0.15) is 17.2 Å². The fourth-order valence-electron chi connectivity index (χ4n) is 4.19. The normalized spacial score (nSPS) is 11.8. The van der Waals surface area contributed by atoms with Crippen LogP contribution < -0.4 is 10.2 Å². The number of anilines is 2. The number of pyridine rings is 1. The predicted octanol–water partition coefficient (Wildman–Crippen LogP) is 6.00. The Labute approximate surface area is 200 Å². The molecular formula is C29H27N5. The molecule has 5 heteroatoms. The molecule has 0 aliphatic carbocycles. The molecule has 0 aliphatic rings. The molecule has 1 unspecified atom stereocenters. The van der Waals surface area contributed by atoms with Crippen LogP contribution in [0, 0.1) is 0 Å². The van der Waals surface area contributed by atoms with E-state index >= 15 is 0 Å². The van der Waals surface area contributed by atoms with Gasteiger partial charge in [-0.15, -0.1) is 0 Å². The third-order valence-electron chi connectivity index (χ3n) is 6.07. The van der Waals surface area contributed by atoms with Crippen LogP contribution in [0.2, 0.25) is 0 Å². The highest BCUT2D eigenvalue weighted by atomic mass is 15.1. The maximum atomic E-state index is 4.62. The minimum absolute atomic E-state index is 0.113. The van der Waals surface area contributed by atoms with Gasteiger partial charge in [-0.25, -0.2) is 9.97 Å². The molecule has 5 nitrogen and oxygen atoms in total. The van der Waals surface area contributed by atoms with E-state index < -0.39 is 0 Å². The molecular weight excluding hydrogens is 418 g/mol. The van der Waals surface area contributed by atoms with E-state index in [-0.39, 0.29) is 5.92 Å². The van der Waals surface area contributed by atoms with E-state index in [0.717, 1.165) is 28.0 Å². The summed E-state index contributed by atoms with van der Waals surface area (Å²) in [6.07, 6.45) is 3.47. The van der Waals surface area contributed by atoms with E-state index in [0.29, 0.717) is 6.54 Å². The summed E-state index contributed by atoms with van der Waals surface area (Å²) in [5, 5.41) is 4.57. The third-order valence-corrected chi connectivity index (χ3v) is 6.07. The maximum absolute atomic E-state index is 4.62. The number of nitrogens with zero attached hydrogens (tertiary/aromatic N) is 4. The Balaban J connectivity index is 1.42. The molecule has 1 N–H and O–H groups in total. The van der Waals surface area contributed by atoms with Crippen molar-refractivity contribution < 1.29 is 0 Å². The first-order valence-electron chi connectivity index (χ1n) is 11.4. The number of hydrogen-bond acceptors (Lipinski definition) is 5. The summed E-state index contributed by atoms with van der Waals surface area (Å²) in [5.41, 5.74) is 6.65. The van der Waals surface area contributed by atoms with Gasteiger partial charge in [0.05, 0.1) is 5.52 Å². The third kappa shape index (κ3) is 4.59. The fourth-order valence-corrected chi connectivity index (χ4v) is 4.19. The number of hydrogen-bond donors (Lipinski definition) is 1. The average Bonchev–Trinajstić information content (AvgIpc) is 2.90. The second-order valence-corrected chi connectivity index (χ2v) is 8.49. The first-order chi connectivity index (χ1) is 16.7. The summed E-state index contributed by atoms with van der Waals surface area (Å²) < 4.78 is 0. The van der Waals surface area contributed by atoms with Crippen LogP contribution >= 0.6 is 0 Å². The molecule has 3 aromatic carbocycles. The molecule has 0 fully saturated rings. The fraction of sp³-hybridized carbons (Fsp3) is 0.138. The molecule has 2 aromatic heterocycles. The second-order valence-electron chi connectivity index (χ2n) is 8.49. The summed E-state index contributed by atoms with van der Waals surface area (Å²) in [6, 6.07) is 31.4. The minimum Gasteiger partial charge on any atom is -0.378 e. The number of rotatable bonds is 7. The molecule has 1 atom stereocenters. The minimum atomic E-state index is 0.113. The number of aromatic nitrogens is 3. The number of fused-ring (bicyclic) bond motifs is 1. The molecule has 5 rings (SSSR count). The Bertz CT molecular complexity index is 1330. The standard InChI is InChI=1S/C29H27N5/c1-34(2)24-14-11-21(12-15-24)23-13-16-25-28(18-23)32-20-33-29(25)31-19-26(22-8-4-3-5-9-22)27-10-6-7-17-30-27/h3-18,20,26H,19H2,1-2H3,(H,31,32,33). The first kappa shape index (κ1) is 21.6. The Morgan fingerprint density at radius 3 is 2.26 bits per heavy atom. The molecule has 34 heavy (non-hydrogen) atoms. The van der Waals surface area contributed by atoms with Crippen molar-refractivity contribution in [3.8, 4) is 11.1 Å². The SMILES string of the molecule is CN(C)c1ccc(-c2ccc3c(NCC(c4ccccc4)c4ccccn4)ncnc3c2)cc1. The zero-order valence-electron chi connectivity index (χ0n) is 19.4. The van der Waals surface area contributed by atoms with Crippen LogP contribution in [-0.4, -0.2) is 35.6 Å². The Kier molecular flexibility index (Phi) is 6.17. The van der Waals surface area contributed by atoms with E-state index in [4.69, 9.17) is 0 Å². The van der Waals surface area contributed by atoms with Crippen molar-refractivity contribution in [2.75, 3.05) is 30.9 Å². The van der Waals surface area contributed by atoms with Crippen molar-refractivity contribution in [3.05, 3.63) is 115 Å². The van der Waals surface area contributed by atoms with Crippen LogP contribution in [0.15, 0.2) is 104 Å². The van der Waals surface area contributed by atoms with E-state index in [9.17, 15) is 0 Å². The van der Waals surface area contributed by atoms with Crippen LogP contribution in [-0.2, 0) is 0 Å². The van der Waals surface area contributed by atoms with Gasteiger partial charge in [0.2, 0.25) is 0 Å². The van der Waals surface area contributed by atoms with Crippen molar-refractivity contribution in [1.82, 2.24) is 15.0 Å². The Hall–Kier alpha value is -4.25. The summed E-state index contributed by atoms with van der Waals surface area (Å²) in [5.74, 6) is 0.943. The first-order valence-corrected chi connectivity index (χ1v) is 11.4. The molecule has 0 saturated heterocycles. The van der Waals surface area contributed by atoms with Gasteiger partial charge in [-0.2, -0.15) is 0 Å². The summed E-state index contributed by atoms with van der Waals surface area (Å²) in [7, 11) is 4.10. The highest BCUT2D eigenvalue weighted by Gasteiger charge is 2.16. The van der Waals surface area contributed by atoms with Crippen LogP contribution in [0.5, 0.6) is 0 Å². The van der Waals surface area contributed by atoms with Gasteiger partial charge in [-0.1, -0.05) is 54.6 Å². The van der Waals surface area contributed by atoms with E-state index in [2.05, 4.69) is 98.0 Å². The summed E-state index contributed by atoms with van der Waals surface area (Å²) in [4.78, 5) is 15.8. The average molecular weight is 446 g/mol. The van der Waals surface area contributed by atoms with Gasteiger partial charge in [-0.3, -0.25) is 4.98 Å². The lowest BCUT2D eigenvalue weighted by Crippen LogP contribution is -2.16. The smallest absolute Gasteiger partial charge is 0.137 e. The Morgan fingerprint density at radius 2 is 1.53 bits per heavy atom. The molecule has 0 radical (unpaired) electrons. The van der Waals surface area contributed by atoms with Crippen LogP contribution in [0.4, 0.5) is 11.5 Å². The van der Waals surface area contributed by atoms with Crippen molar-refractivity contribution >= 4 is 22.4 Å². The van der Waals surface area contributed by atoms with E-state index in [1.807, 2.05) is 38.5 Å². The molecule has 0 amide bonds. The van der Waals surface area contributed by atoms with Gasteiger partial charge < -0.3 is 10.2 Å². The maximum Gasteiger partial charge on any atom is 0.137 e. The highest BCUT2D eigenvalue weighted by Crippen LogP contribution is 2.29. The largest absolute Gasteiger partial charge is 0.378 e. The van der Waals surface area contributed by atoms with Crippen molar-refractivity contribution in [3.63, 3.8) is 0 Å². The van der Waals surface area contributed by atoms with Gasteiger partial charge in [0.15, 0.2) is 0 Å². The molecule has 2 heterocycles. The lowest BCUT2D eigenvalue weighted by molar-refractivity contribution is 0.813. The zero-order valence-corrected chi connectivity index (χ0v) is 19.4. The number of nitrogens with one attached hydrogen (secondary N) is 1. The topological polar surface area (TPSA) is 53.9 Å². The monoisotopic (exact) mass is 445 g/mol. The molecule has 0 spiro atoms. The van der Waals surface area contributed by atoms with E-state index in [1.165, 1.54) is 16.8 Å². The highest BCUT2D eigenvalue weighted by molar-refractivity contribution is 5.92. The van der Waals surface area contributed by atoms with Gasteiger partial charge in [0, 0.05) is 49.5 Å². The van der Waals surface area contributed by atoms with Gasteiger partial charge in [0.1, 0.15) is 12.1 Å². The van der Waals surface area contributed by atoms with Crippen LogP contribution in [0.3, 0.4) is 0 Å². The molecule has 168 valence electrons. The predicted molar refractivity (Wildman–Crippen MR) is 140 cm³/mol. The zero-order chi connectivity index (χ0) is 23.3. The Morgan fingerprint density at radius 1 is 0.765 bits per heavy atom. The van der Waals surface area contributed by atoms with Crippen molar-refractivity contribution in [1.29, 1.82) is 0 Å². The second kappa shape index (κ2) is 9.71. The molecule has 0 aliphatic heterocycles. The molecule has 0 saturated carbocycles. The van der Waals surface area contributed by atoms with Gasteiger partial charge in [0.25, 0.3) is 0 Å². The molecule has 5 aromatic rings. The lowest BCUT2D eigenvalue weighted by Gasteiger charge is -2.19. The van der Waals surface area contributed by atoms with Gasteiger partial charge >= 0.3 is 0 Å². The van der Waals surface area contributed by atoms with E-state index in [1.54, 1.807) is 6.33 Å². The summed E-state index contributed by atoms with van der Waals surface area (Å²) in [6.45, 7) is 0.681.